The zero-order valence-corrected chi connectivity index (χ0v) is 20.1. The van der Waals surface area contributed by atoms with Crippen LogP contribution in [0.1, 0.15) is 5.56 Å². The summed E-state index contributed by atoms with van der Waals surface area (Å²) in [6, 6.07) is 21.7. The normalized spacial score (nSPS) is 12.1. The molecule has 0 bridgehead atoms. The maximum Gasteiger partial charge on any atom is 0.291 e. The fourth-order valence-electron chi connectivity index (χ4n) is 3.54. The Hall–Kier alpha value is -3.40. The minimum atomic E-state index is -0.189. The van der Waals surface area contributed by atoms with Gasteiger partial charge in [-0.15, -0.1) is 16.4 Å². The van der Waals surface area contributed by atoms with Gasteiger partial charge < -0.3 is 0 Å². The number of para-hydroxylation sites is 1. The summed E-state index contributed by atoms with van der Waals surface area (Å²) < 4.78 is 4.66. The highest BCUT2D eigenvalue weighted by Gasteiger charge is 2.16. The van der Waals surface area contributed by atoms with Crippen molar-refractivity contribution in [2.24, 2.45) is 0 Å². The molecule has 0 spiro atoms. The molecule has 4 heterocycles. The van der Waals surface area contributed by atoms with Crippen molar-refractivity contribution in [2.45, 2.75) is 0 Å². The minimum absolute atomic E-state index is 0.189. The summed E-state index contributed by atoms with van der Waals surface area (Å²) in [5.74, 6) is 0.522. The van der Waals surface area contributed by atoms with Crippen LogP contribution in [0.25, 0.3) is 38.7 Å². The van der Waals surface area contributed by atoms with E-state index in [1.165, 1.54) is 15.9 Å². The molecule has 0 unspecified atom stereocenters. The van der Waals surface area contributed by atoms with Gasteiger partial charge in [0.2, 0.25) is 4.96 Å². The standard InChI is InChI=1S/C24H14BrN5OS2/c25-18-10-5-4-9-17(18)22-26-24-30(28-22)23(31)20(33-24)13-15-14-29(16-7-2-1-3-8-16)27-21(15)19-11-6-12-32-19/h1-14H. The molecule has 33 heavy (non-hydrogen) atoms. The highest BCUT2D eigenvalue weighted by atomic mass is 79.9. The van der Waals surface area contributed by atoms with E-state index in [1.54, 1.807) is 11.3 Å². The van der Waals surface area contributed by atoms with E-state index >= 15 is 0 Å². The van der Waals surface area contributed by atoms with Crippen LogP contribution in [0.2, 0.25) is 0 Å². The number of rotatable bonds is 4. The summed E-state index contributed by atoms with van der Waals surface area (Å²) >= 11 is 6.47. The highest BCUT2D eigenvalue weighted by molar-refractivity contribution is 9.10. The number of halogens is 1. The molecule has 0 saturated carbocycles. The predicted octanol–water partition coefficient (Wildman–Crippen LogP) is 5.04. The highest BCUT2D eigenvalue weighted by Crippen LogP contribution is 2.29. The molecular weight excluding hydrogens is 518 g/mol. The molecule has 6 nitrogen and oxygen atoms in total. The van der Waals surface area contributed by atoms with Gasteiger partial charge in [-0.2, -0.15) is 14.6 Å². The third-order valence-electron chi connectivity index (χ3n) is 5.10. The van der Waals surface area contributed by atoms with Gasteiger partial charge in [0, 0.05) is 21.8 Å². The molecule has 0 amide bonds. The van der Waals surface area contributed by atoms with Gasteiger partial charge in [-0.3, -0.25) is 4.79 Å². The Labute approximate surface area is 204 Å². The third-order valence-corrected chi connectivity index (χ3v) is 7.63. The molecule has 160 valence electrons. The number of thiazole rings is 1. The molecule has 6 rings (SSSR count). The van der Waals surface area contributed by atoms with Crippen LogP contribution < -0.4 is 10.1 Å². The van der Waals surface area contributed by atoms with E-state index in [0.717, 1.165) is 31.9 Å². The van der Waals surface area contributed by atoms with Crippen molar-refractivity contribution in [3.8, 4) is 27.6 Å². The molecular formula is C24H14BrN5OS2. The maximum absolute atomic E-state index is 13.1. The average Bonchev–Trinajstić information content (AvgIpc) is 3.62. The molecule has 4 aromatic heterocycles. The summed E-state index contributed by atoms with van der Waals surface area (Å²) in [5.41, 5.74) is 3.32. The number of aromatic nitrogens is 5. The fraction of sp³-hybridized carbons (Fsp3) is 0. The lowest BCUT2D eigenvalue weighted by molar-refractivity contribution is 0.885. The Balaban J connectivity index is 1.49. The number of fused-ring (bicyclic) bond motifs is 1. The smallest absolute Gasteiger partial charge is 0.266 e. The van der Waals surface area contributed by atoms with Crippen LogP contribution in [0.3, 0.4) is 0 Å². The number of nitrogens with zero attached hydrogens (tertiary/aromatic N) is 5. The van der Waals surface area contributed by atoms with Crippen LogP contribution in [0.4, 0.5) is 0 Å². The molecule has 0 aliphatic heterocycles. The monoisotopic (exact) mass is 531 g/mol. The van der Waals surface area contributed by atoms with Crippen LogP contribution in [-0.4, -0.2) is 24.4 Å². The van der Waals surface area contributed by atoms with Gasteiger partial charge in [-0.1, -0.05) is 63.7 Å². The zero-order valence-electron chi connectivity index (χ0n) is 16.9. The first-order valence-electron chi connectivity index (χ1n) is 10.0. The zero-order chi connectivity index (χ0) is 22.4. The quantitative estimate of drug-likeness (QED) is 0.319. The molecule has 9 heteroatoms. The SMILES string of the molecule is O=c1c(=Cc2cn(-c3ccccc3)nc2-c2cccs2)sc2nc(-c3ccccc3Br)nn12. The average molecular weight is 532 g/mol. The summed E-state index contributed by atoms with van der Waals surface area (Å²) in [5, 5.41) is 11.3. The summed E-state index contributed by atoms with van der Waals surface area (Å²) in [6.07, 6.45) is 3.83. The first-order valence-corrected chi connectivity index (χ1v) is 12.5. The van der Waals surface area contributed by atoms with Crippen LogP contribution in [0.15, 0.2) is 87.6 Å². The molecule has 0 N–H and O–H groups in total. The molecule has 0 atom stereocenters. The second-order valence-corrected chi connectivity index (χ2v) is 10.0. The third kappa shape index (κ3) is 3.64. The Bertz CT molecular complexity index is 1700. The van der Waals surface area contributed by atoms with Gasteiger partial charge in [0.25, 0.3) is 5.56 Å². The Kier molecular flexibility index (Phi) is 5.01. The van der Waals surface area contributed by atoms with Crippen molar-refractivity contribution in [1.82, 2.24) is 24.4 Å². The lowest BCUT2D eigenvalue weighted by atomic mass is 10.2. The first-order chi connectivity index (χ1) is 16.2. The second-order valence-electron chi connectivity index (χ2n) is 7.22. The number of hydrogen-bond donors (Lipinski definition) is 0. The van der Waals surface area contributed by atoms with E-state index in [-0.39, 0.29) is 5.56 Å². The van der Waals surface area contributed by atoms with E-state index < -0.39 is 0 Å². The molecule has 0 aliphatic rings. The van der Waals surface area contributed by atoms with Crippen molar-refractivity contribution < 1.29 is 0 Å². The first kappa shape index (κ1) is 20.2. The van der Waals surface area contributed by atoms with E-state index in [2.05, 4.69) is 26.0 Å². The lowest BCUT2D eigenvalue weighted by Crippen LogP contribution is -2.23. The van der Waals surface area contributed by atoms with Gasteiger partial charge in [-0.25, -0.2) is 4.68 Å². The molecule has 2 aromatic carbocycles. The number of benzene rings is 2. The maximum atomic E-state index is 13.1. The lowest BCUT2D eigenvalue weighted by Gasteiger charge is -1.99. The van der Waals surface area contributed by atoms with Gasteiger partial charge in [0.1, 0.15) is 5.69 Å². The topological polar surface area (TPSA) is 65.1 Å². The van der Waals surface area contributed by atoms with E-state index in [4.69, 9.17) is 5.10 Å². The van der Waals surface area contributed by atoms with Gasteiger partial charge in [0.15, 0.2) is 5.82 Å². The van der Waals surface area contributed by atoms with E-state index in [9.17, 15) is 4.79 Å². The van der Waals surface area contributed by atoms with E-state index in [0.29, 0.717) is 15.3 Å². The van der Waals surface area contributed by atoms with Gasteiger partial charge in [0.05, 0.1) is 15.1 Å². The molecule has 0 saturated heterocycles. The Morgan fingerprint density at radius 1 is 0.939 bits per heavy atom. The van der Waals surface area contributed by atoms with Crippen LogP contribution in [0.5, 0.6) is 0 Å². The van der Waals surface area contributed by atoms with Crippen molar-refractivity contribution in [1.29, 1.82) is 0 Å². The Morgan fingerprint density at radius 3 is 2.52 bits per heavy atom. The van der Waals surface area contributed by atoms with Crippen LogP contribution >= 0.6 is 38.6 Å². The number of hydrogen-bond acceptors (Lipinski definition) is 6. The summed E-state index contributed by atoms with van der Waals surface area (Å²) in [4.78, 5) is 19.3. The van der Waals surface area contributed by atoms with Gasteiger partial charge in [-0.05, 0) is 41.8 Å². The summed E-state index contributed by atoms with van der Waals surface area (Å²) in [7, 11) is 0. The molecule has 0 aliphatic carbocycles. The van der Waals surface area contributed by atoms with E-state index in [1.807, 2.05) is 89.1 Å². The number of thiophene rings is 1. The minimum Gasteiger partial charge on any atom is -0.266 e. The van der Waals surface area contributed by atoms with Gasteiger partial charge >= 0.3 is 0 Å². The van der Waals surface area contributed by atoms with Crippen LogP contribution in [0, 0.1) is 0 Å². The van der Waals surface area contributed by atoms with Crippen molar-refractivity contribution in [3.63, 3.8) is 0 Å². The second kappa shape index (κ2) is 8.18. The molecule has 0 radical (unpaired) electrons. The van der Waals surface area contributed by atoms with Crippen molar-refractivity contribution in [2.75, 3.05) is 0 Å². The fourth-order valence-corrected chi connectivity index (χ4v) is 5.63. The van der Waals surface area contributed by atoms with Crippen molar-refractivity contribution in [3.05, 3.63) is 103 Å². The molecule has 6 aromatic rings. The van der Waals surface area contributed by atoms with Crippen molar-refractivity contribution >= 4 is 49.6 Å². The molecule has 0 fully saturated rings. The summed E-state index contributed by atoms with van der Waals surface area (Å²) in [6.45, 7) is 0. The Morgan fingerprint density at radius 2 is 1.76 bits per heavy atom. The van der Waals surface area contributed by atoms with Crippen LogP contribution in [-0.2, 0) is 0 Å². The largest absolute Gasteiger partial charge is 0.291 e. The predicted molar refractivity (Wildman–Crippen MR) is 136 cm³/mol.